The minimum Gasteiger partial charge on any atom is -0.497 e. The molecule has 0 N–H and O–H groups in total. The molecule has 3 aliphatic rings. The highest BCUT2D eigenvalue weighted by Gasteiger charge is 2.42. The molecule has 3 heterocycles. The quantitative estimate of drug-likeness (QED) is 0.506. The SMILES string of the molecule is COc1ccc(N2C(=O)C(=C3C(=O)N(CN4CCOCC4)c4ccccc43)SC2=S)cc1. The Bertz CT molecular complexity index is 1130. The fourth-order valence-corrected chi connectivity index (χ4v) is 5.43. The van der Waals surface area contributed by atoms with Crippen LogP contribution >= 0.6 is 24.0 Å². The van der Waals surface area contributed by atoms with Gasteiger partial charge in [-0.2, -0.15) is 0 Å². The van der Waals surface area contributed by atoms with E-state index < -0.39 is 0 Å². The number of hydrogen-bond acceptors (Lipinski definition) is 7. The predicted molar refractivity (Wildman–Crippen MR) is 129 cm³/mol. The predicted octanol–water partition coefficient (Wildman–Crippen LogP) is 3.11. The molecule has 7 nitrogen and oxygen atoms in total. The van der Waals surface area contributed by atoms with Crippen molar-refractivity contribution in [2.75, 3.05) is 49.9 Å². The number of benzene rings is 2. The zero-order valence-electron chi connectivity index (χ0n) is 17.4. The van der Waals surface area contributed by atoms with Gasteiger partial charge >= 0.3 is 0 Å². The molecular weight excluding hydrogens is 446 g/mol. The third kappa shape index (κ3) is 3.61. The summed E-state index contributed by atoms with van der Waals surface area (Å²) >= 11 is 6.70. The van der Waals surface area contributed by atoms with Crippen LogP contribution in [-0.2, 0) is 14.3 Å². The van der Waals surface area contributed by atoms with Gasteiger partial charge in [-0.25, -0.2) is 0 Å². The van der Waals surface area contributed by atoms with E-state index in [0.29, 0.717) is 46.1 Å². The lowest BCUT2D eigenvalue weighted by molar-refractivity contribution is -0.115. The number of carbonyl (C=O) groups excluding carboxylic acids is 2. The third-order valence-corrected chi connectivity index (χ3v) is 7.07. The van der Waals surface area contributed by atoms with Crippen molar-refractivity contribution in [1.82, 2.24) is 4.90 Å². The van der Waals surface area contributed by atoms with Gasteiger partial charge in [0.15, 0.2) is 4.32 Å². The maximum Gasteiger partial charge on any atom is 0.271 e. The Morgan fingerprint density at radius 3 is 2.47 bits per heavy atom. The number of thiocarbonyl (C=S) groups is 1. The molecule has 0 aromatic heterocycles. The van der Waals surface area contributed by atoms with Crippen LogP contribution in [-0.4, -0.2) is 61.1 Å². The third-order valence-electron chi connectivity index (χ3n) is 5.70. The van der Waals surface area contributed by atoms with E-state index in [9.17, 15) is 9.59 Å². The summed E-state index contributed by atoms with van der Waals surface area (Å²) in [5.41, 5.74) is 2.64. The monoisotopic (exact) mass is 467 g/mol. The summed E-state index contributed by atoms with van der Waals surface area (Å²) in [4.78, 5) is 32.8. The standard InChI is InChI=1S/C23H21N3O4S2/c1-29-16-8-6-15(7-9-16)26-22(28)20(32-23(26)31)19-17-4-2-3-5-18(17)25(21(19)27)14-24-10-12-30-13-11-24/h2-9H,10-14H2,1H3. The summed E-state index contributed by atoms with van der Waals surface area (Å²) < 4.78 is 11.0. The molecule has 9 heteroatoms. The van der Waals surface area contributed by atoms with Gasteiger partial charge in [0.25, 0.3) is 11.8 Å². The molecule has 164 valence electrons. The summed E-state index contributed by atoms with van der Waals surface area (Å²) in [6.45, 7) is 3.29. The number of anilines is 2. The number of para-hydroxylation sites is 1. The Morgan fingerprint density at radius 2 is 1.75 bits per heavy atom. The molecule has 0 bridgehead atoms. The van der Waals surface area contributed by atoms with Crippen LogP contribution in [0.4, 0.5) is 11.4 Å². The van der Waals surface area contributed by atoms with Crippen LogP contribution in [0.5, 0.6) is 5.75 Å². The van der Waals surface area contributed by atoms with Gasteiger partial charge in [0, 0.05) is 18.7 Å². The molecule has 2 aromatic carbocycles. The van der Waals surface area contributed by atoms with Crippen LogP contribution in [0, 0.1) is 0 Å². The Balaban J connectivity index is 1.51. The molecule has 2 aromatic rings. The topological polar surface area (TPSA) is 62.3 Å². The van der Waals surface area contributed by atoms with Crippen LogP contribution in [0.3, 0.4) is 0 Å². The van der Waals surface area contributed by atoms with Crippen molar-refractivity contribution in [3.63, 3.8) is 0 Å². The van der Waals surface area contributed by atoms with Crippen molar-refractivity contribution in [2.24, 2.45) is 0 Å². The van der Waals surface area contributed by atoms with Crippen LogP contribution in [0.1, 0.15) is 5.56 Å². The van der Waals surface area contributed by atoms with E-state index in [0.717, 1.165) is 24.3 Å². The molecule has 0 spiro atoms. The maximum atomic E-state index is 13.6. The first-order chi connectivity index (χ1) is 15.6. The molecule has 2 amide bonds. The van der Waals surface area contributed by atoms with Crippen molar-refractivity contribution in [3.8, 4) is 5.75 Å². The van der Waals surface area contributed by atoms with Gasteiger partial charge in [-0.15, -0.1) is 0 Å². The van der Waals surface area contributed by atoms with Gasteiger partial charge in [-0.05, 0) is 30.3 Å². The van der Waals surface area contributed by atoms with E-state index in [1.807, 2.05) is 24.3 Å². The molecular formula is C23H21N3O4S2. The normalized spacial score (nSPS) is 21.5. The average molecular weight is 468 g/mol. The van der Waals surface area contributed by atoms with E-state index in [-0.39, 0.29) is 11.8 Å². The fraction of sp³-hybridized carbons (Fsp3) is 0.261. The molecule has 0 unspecified atom stereocenters. The lowest BCUT2D eigenvalue weighted by Crippen LogP contribution is -2.45. The van der Waals surface area contributed by atoms with Crippen LogP contribution in [0.25, 0.3) is 5.57 Å². The Morgan fingerprint density at radius 1 is 1.03 bits per heavy atom. The number of ether oxygens (including phenoxy) is 2. The number of thioether (sulfide) groups is 1. The van der Waals surface area contributed by atoms with E-state index in [2.05, 4.69) is 4.90 Å². The second kappa shape index (κ2) is 8.67. The van der Waals surface area contributed by atoms with E-state index in [1.54, 1.807) is 36.3 Å². The van der Waals surface area contributed by atoms with E-state index in [4.69, 9.17) is 21.7 Å². The zero-order valence-corrected chi connectivity index (χ0v) is 19.1. The molecule has 0 saturated carbocycles. The van der Waals surface area contributed by atoms with Crippen LogP contribution < -0.4 is 14.5 Å². The number of hydrogen-bond donors (Lipinski definition) is 0. The first-order valence-corrected chi connectivity index (χ1v) is 11.5. The van der Waals surface area contributed by atoms with Crippen molar-refractivity contribution >= 4 is 57.1 Å². The van der Waals surface area contributed by atoms with Gasteiger partial charge in [0.1, 0.15) is 5.75 Å². The molecule has 2 fully saturated rings. The summed E-state index contributed by atoms with van der Waals surface area (Å²) in [6, 6.07) is 14.7. The number of fused-ring (bicyclic) bond motifs is 1. The van der Waals surface area contributed by atoms with Crippen molar-refractivity contribution in [1.29, 1.82) is 0 Å². The van der Waals surface area contributed by atoms with E-state index >= 15 is 0 Å². The first-order valence-electron chi connectivity index (χ1n) is 10.2. The van der Waals surface area contributed by atoms with Gasteiger partial charge < -0.3 is 9.47 Å². The number of nitrogens with zero attached hydrogens (tertiary/aromatic N) is 3. The Hall–Kier alpha value is -2.72. The summed E-state index contributed by atoms with van der Waals surface area (Å²) in [6.07, 6.45) is 0. The van der Waals surface area contributed by atoms with Gasteiger partial charge in [-0.1, -0.05) is 42.2 Å². The molecule has 0 atom stereocenters. The number of methoxy groups -OCH3 is 1. The van der Waals surface area contributed by atoms with Gasteiger partial charge in [-0.3, -0.25) is 24.3 Å². The minimum atomic E-state index is -0.281. The molecule has 0 aliphatic carbocycles. The molecule has 3 aliphatic heterocycles. The average Bonchev–Trinajstić information content (AvgIpc) is 3.26. The van der Waals surface area contributed by atoms with Crippen LogP contribution in [0.2, 0.25) is 0 Å². The summed E-state index contributed by atoms with van der Waals surface area (Å²) in [5, 5.41) is 0. The second-order valence-corrected chi connectivity index (χ2v) is 9.18. The number of amides is 2. The number of morpholine rings is 1. The molecule has 0 radical (unpaired) electrons. The van der Waals surface area contributed by atoms with Gasteiger partial charge in [0.05, 0.1) is 48.8 Å². The highest BCUT2D eigenvalue weighted by molar-refractivity contribution is 8.27. The zero-order chi connectivity index (χ0) is 22.2. The Kier molecular flexibility index (Phi) is 5.73. The highest BCUT2D eigenvalue weighted by atomic mass is 32.2. The summed E-state index contributed by atoms with van der Waals surface area (Å²) in [5.74, 6) is 0.237. The largest absolute Gasteiger partial charge is 0.497 e. The molecule has 2 saturated heterocycles. The first kappa shape index (κ1) is 21.1. The highest BCUT2D eigenvalue weighted by Crippen LogP contribution is 2.45. The maximum absolute atomic E-state index is 13.6. The van der Waals surface area contributed by atoms with Crippen LogP contribution in [0.15, 0.2) is 53.4 Å². The summed E-state index contributed by atoms with van der Waals surface area (Å²) in [7, 11) is 1.59. The van der Waals surface area contributed by atoms with Crippen molar-refractivity contribution in [3.05, 3.63) is 59.0 Å². The van der Waals surface area contributed by atoms with Crippen molar-refractivity contribution in [2.45, 2.75) is 0 Å². The molecule has 5 rings (SSSR count). The lowest BCUT2D eigenvalue weighted by atomic mass is 10.1. The Labute approximate surface area is 195 Å². The minimum absolute atomic E-state index is 0.173. The van der Waals surface area contributed by atoms with Gasteiger partial charge in [0.2, 0.25) is 0 Å². The number of carbonyl (C=O) groups is 2. The van der Waals surface area contributed by atoms with Crippen molar-refractivity contribution < 1.29 is 19.1 Å². The number of rotatable bonds is 4. The van der Waals surface area contributed by atoms with E-state index in [1.165, 1.54) is 16.7 Å². The lowest BCUT2D eigenvalue weighted by Gasteiger charge is -2.30. The fourth-order valence-electron chi connectivity index (χ4n) is 4.06. The smallest absolute Gasteiger partial charge is 0.271 e. The second-order valence-electron chi connectivity index (χ2n) is 7.53. The molecule has 32 heavy (non-hydrogen) atoms.